The molecule has 2 unspecified atom stereocenters. The Balaban J connectivity index is 1.93. The summed E-state index contributed by atoms with van der Waals surface area (Å²) < 4.78 is 5.52. The number of carbonyl (C=O) groups is 2. The highest BCUT2D eigenvalue weighted by Crippen LogP contribution is 2.11. The summed E-state index contributed by atoms with van der Waals surface area (Å²) in [7, 11) is 0. The SMILES string of the molecule is CSCCC(NC(=O)c1cccc(C)c1)C(=O)NCC1CCCO1. The van der Waals surface area contributed by atoms with Crippen LogP contribution in [0.3, 0.4) is 0 Å². The summed E-state index contributed by atoms with van der Waals surface area (Å²) in [6.45, 7) is 3.21. The number of nitrogens with one attached hydrogen (secondary N) is 2. The molecule has 1 saturated heterocycles. The van der Waals surface area contributed by atoms with Gasteiger partial charge in [-0.15, -0.1) is 0 Å². The van der Waals surface area contributed by atoms with Crippen molar-refractivity contribution in [2.45, 2.75) is 38.3 Å². The molecule has 2 N–H and O–H groups in total. The topological polar surface area (TPSA) is 67.4 Å². The lowest BCUT2D eigenvalue weighted by atomic mass is 10.1. The third-order valence-corrected chi connectivity index (χ3v) is 4.68. The molecule has 24 heavy (non-hydrogen) atoms. The van der Waals surface area contributed by atoms with Gasteiger partial charge in [0.2, 0.25) is 5.91 Å². The molecular weight excluding hydrogens is 324 g/mol. The summed E-state index contributed by atoms with van der Waals surface area (Å²) in [5.74, 6) is 0.462. The number of thioether (sulfide) groups is 1. The molecule has 1 aliphatic heterocycles. The van der Waals surface area contributed by atoms with Gasteiger partial charge in [0.05, 0.1) is 6.10 Å². The first kappa shape index (κ1) is 18.8. The Morgan fingerprint density at radius 3 is 2.92 bits per heavy atom. The average Bonchev–Trinajstić information content (AvgIpc) is 3.09. The summed E-state index contributed by atoms with van der Waals surface area (Å²) in [6, 6.07) is 6.85. The number of hydrogen-bond acceptors (Lipinski definition) is 4. The predicted octanol–water partition coefficient (Wildman–Crippen LogP) is 2.14. The van der Waals surface area contributed by atoms with Crippen LogP contribution in [0.5, 0.6) is 0 Å². The number of ether oxygens (including phenoxy) is 1. The molecule has 1 aliphatic rings. The summed E-state index contributed by atoms with van der Waals surface area (Å²) in [5.41, 5.74) is 1.60. The van der Waals surface area contributed by atoms with Crippen molar-refractivity contribution in [3.63, 3.8) is 0 Å². The zero-order valence-electron chi connectivity index (χ0n) is 14.3. The lowest BCUT2D eigenvalue weighted by molar-refractivity contribution is -0.123. The highest BCUT2D eigenvalue weighted by Gasteiger charge is 2.23. The van der Waals surface area contributed by atoms with Crippen LogP contribution in [0.15, 0.2) is 24.3 Å². The van der Waals surface area contributed by atoms with Gasteiger partial charge < -0.3 is 15.4 Å². The Morgan fingerprint density at radius 1 is 1.42 bits per heavy atom. The van der Waals surface area contributed by atoms with Crippen molar-refractivity contribution in [2.75, 3.05) is 25.2 Å². The number of benzene rings is 1. The van der Waals surface area contributed by atoms with Crippen molar-refractivity contribution in [1.82, 2.24) is 10.6 Å². The van der Waals surface area contributed by atoms with E-state index in [9.17, 15) is 9.59 Å². The lowest BCUT2D eigenvalue weighted by Gasteiger charge is -2.19. The molecule has 0 radical (unpaired) electrons. The van der Waals surface area contributed by atoms with Crippen molar-refractivity contribution in [1.29, 1.82) is 0 Å². The smallest absolute Gasteiger partial charge is 0.251 e. The fourth-order valence-electron chi connectivity index (χ4n) is 2.68. The number of carbonyl (C=O) groups excluding carboxylic acids is 2. The van der Waals surface area contributed by atoms with Gasteiger partial charge in [0.15, 0.2) is 0 Å². The average molecular weight is 350 g/mol. The molecule has 0 saturated carbocycles. The van der Waals surface area contributed by atoms with Gasteiger partial charge in [0, 0.05) is 18.7 Å². The highest BCUT2D eigenvalue weighted by atomic mass is 32.2. The van der Waals surface area contributed by atoms with E-state index in [0.717, 1.165) is 30.8 Å². The van der Waals surface area contributed by atoms with Crippen molar-refractivity contribution < 1.29 is 14.3 Å². The molecule has 132 valence electrons. The Kier molecular flexibility index (Phi) is 7.59. The molecule has 1 fully saturated rings. The molecule has 2 rings (SSSR count). The largest absolute Gasteiger partial charge is 0.376 e. The van der Waals surface area contributed by atoms with E-state index >= 15 is 0 Å². The maximum absolute atomic E-state index is 12.4. The van der Waals surface area contributed by atoms with Gasteiger partial charge in [-0.25, -0.2) is 0 Å². The molecule has 0 bridgehead atoms. The van der Waals surface area contributed by atoms with Gasteiger partial charge in [-0.05, 0) is 50.3 Å². The first-order valence-electron chi connectivity index (χ1n) is 8.36. The van der Waals surface area contributed by atoms with Gasteiger partial charge in [0.25, 0.3) is 5.91 Å². The zero-order valence-corrected chi connectivity index (χ0v) is 15.2. The van der Waals surface area contributed by atoms with Crippen molar-refractivity contribution in [3.8, 4) is 0 Å². The van der Waals surface area contributed by atoms with E-state index in [4.69, 9.17) is 4.74 Å². The molecule has 0 spiro atoms. The van der Waals surface area contributed by atoms with Crippen LogP contribution < -0.4 is 10.6 Å². The molecule has 1 aromatic rings. The quantitative estimate of drug-likeness (QED) is 0.754. The van der Waals surface area contributed by atoms with Gasteiger partial charge in [-0.1, -0.05) is 17.7 Å². The van der Waals surface area contributed by atoms with E-state index in [1.54, 1.807) is 17.8 Å². The van der Waals surface area contributed by atoms with E-state index < -0.39 is 6.04 Å². The molecular formula is C18H26N2O3S. The van der Waals surface area contributed by atoms with Gasteiger partial charge in [-0.2, -0.15) is 11.8 Å². The van der Waals surface area contributed by atoms with E-state index in [0.29, 0.717) is 18.5 Å². The van der Waals surface area contributed by atoms with Crippen molar-refractivity contribution in [2.24, 2.45) is 0 Å². The molecule has 2 atom stereocenters. The Labute approximate surface area is 147 Å². The lowest BCUT2D eigenvalue weighted by Crippen LogP contribution is -2.48. The molecule has 0 aromatic heterocycles. The third-order valence-electron chi connectivity index (χ3n) is 4.04. The molecule has 5 nitrogen and oxygen atoms in total. The van der Waals surface area contributed by atoms with E-state index in [2.05, 4.69) is 10.6 Å². The van der Waals surface area contributed by atoms with E-state index in [-0.39, 0.29) is 17.9 Å². The van der Waals surface area contributed by atoms with Crippen LogP contribution in [0.25, 0.3) is 0 Å². The first-order valence-corrected chi connectivity index (χ1v) is 9.75. The molecule has 6 heteroatoms. The van der Waals surface area contributed by atoms with Crippen molar-refractivity contribution in [3.05, 3.63) is 35.4 Å². The second-order valence-corrected chi connectivity index (χ2v) is 7.04. The highest BCUT2D eigenvalue weighted by molar-refractivity contribution is 7.98. The fourth-order valence-corrected chi connectivity index (χ4v) is 3.15. The maximum Gasteiger partial charge on any atom is 0.251 e. The number of hydrogen-bond donors (Lipinski definition) is 2. The number of rotatable bonds is 8. The van der Waals surface area contributed by atoms with E-state index in [1.165, 1.54) is 0 Å². The minimum Gasteiger partial charge on any atom is -0.376 e. The second kappa shape index (κ2) is 9.69. The van der Waals surface area contributed by atoms with Crippen LogP contribution in [-0.4, -0.2) is 49.1 Å². The summed E-state index contributed by atoms with van der Waals surface area (Å²) in [4.78, 5) is 24.9. The molecule has 0 aliphatic carbocycles. The first-order chi connectivity index (χ1) is 11.6. The van der Waals surface area contributed by atoms with Crippen LogP contribution in [0.4, 0.5) is 0 Å². The Hall–Kier alpha value is -1.53. The third kappa shape index (κ3) is 5.83. The monoisotopic (exact) mass is 350 g/mol. The van der Waals surface area contributed by atoms with Crippen LogP contribution in [0, 0.1) is 6.92 Å². The van der Waals surface area contributed by atoms with Crippen LogP contribution in [-0.2, 0) is 9.53 Å². The minimum atomic E-state index is -0.521. The van der Waals surface area contributed by atoms with Crippen LogP contribution >= 0.6 is 11.8 Å². The number of aryl methyl sites for hydroxylation is 1. The van der Waals surface area contributed by atoms with Crippen molar-refractivity contribution >= 4 is 23.6 Å². The van der Waals surface area contributed by atoms with Gasteiger partial charge in [0.1, 0.15) is 6.04 Å². The summed E-state index contributed by atoms with van der Waals surface area (Å²) in [5, 5.41) is 5.78. The van der Waals surface area contributed by atoms with Gasteiger partial charge in [-0.3, -0.25) is 9.59 Å². The fraction of sp³-hybridized carbons (Fsp3) is 0.556. The minimum absolute atomic E-state index is 0.0997. The normalized spacial score (nSPS) is 18.2. The summed E-state index contributed by atoms with van der Waals surface area (Å²) in [6.07, 6.45) is 4.72. The maximum atomic E-state index is 12.4. The molecule has 1 heterocycles. The molecule has 2 amide bonds. The number of amides is 2. The Morgan fingerprint density at radius 2 is 2.25 bits per heavy atom. The zero-order chi connectivity index (χ0) is 17.4. The standard InChI is InChI=1S/C18H26N2O3S/c1-13-5-3-6-14(11-13)17(21)20-16(8-10-24-2)18(22)19-12-15-7-4-9-23-15/h3,5-6,11,15-16H,4,7-10,12H2,1-2H3,(H,19,22)(H,20,21). The Bertz CT molecular complexity index is 559. The summed E-state index contributed by atoms with van der Waals surface area (Å²) >= 11 is 1.66. The van der Waals surface area contributed by atoms with Crippen LogP contribution in [0.1, 0.15) is 35.2 Å². The molecule has 1 aromatic carbocycles. The second-order valence-electron chi connectivity index (χ2n) is 6.06. The van der Waals surface area contributed by atoms with E-state index in [1.807, 2.05) is 31.4 Å². The van der Waals surface area contributed by atoms with Gasteiger partial charge >= 0.3 is 0 Å². The van der Waals surface area contributed by atoms with Crippen LogP contribution in [0.2, 0.25) is 0 Å². The predicted molar refractivity (Wildman–Crippen MR) is 97.4 cm³/mol.